The maximum Gasteiger partial charge on any atom is 0.258 e. The summed E-state index contributed by atoms with van der Waals surface area (Å²) in [5.74, 6) is -0.492. The lowest BCUT2D eigenvalue weighted by Gasteiger charge is -2.18. The van der Waals surface area contributed by atoms with Crippen molar-refractivity contribution in [2.45, 2.75) is 19.4 Å². The van der Waals surface area contributed by atoms with Gasteiger partial charge in [-0.05, 0) is 65.6 Å². The Kier molecular flexibility index (Phi) is 5.81. The first-order valence-electron chi connectivity index (χ1n) is 9.70. The number of nitrogens with one attached hydrogen (secondary N) is 1. The van der Waals surface area contributed by atoms with Gasteiger partial charge < -0.3 is 10.2 Å². The number of carbonyl (C=O) groups is 2. The van der Waals surface area contributed by atoms with E-state index in [9.17, 15) is 14.0 Å². The Morgan fingerprint density at radius 1 is 0.967 bits per heavy atom. The van der Waals surface area contributed by atoms with E-state index in [2.05, 4.69) is 5.32 Å². The number of amides is 2. The molecule has 0 radical (unpaired) electrons. The van der Waals surface area contributed by atoms with Crippen LogP contribution in [0, 0.1) is 5.82 Å². The van der Waals surface area contributed by atoms with Gasteiger partial charge in [0.2, 0.25) is 5.91 Å². The van der Waals surface area contributed by atoms with E-state index in [1.165, 1.54) is 12.1 Å². The molecule has 0 unspecified atom stereocenters. The van der Waals surface area contributed by atoms with Gasteiger partial charge in [0.25, 0.3) is 5.91 Å². The molecule has 0 aliphatic carbocycles. The van der Waals surface area contributed by atoms with Crippen LogP contribution < -0.4 is 10.2 Å². The molecule has 0 bridgehead atoms. The molecule has 0 saturated heterocycles. The summed E-state index contributed by atoms with van der Waals surface area (Å²) in [7, 11) is 0. The normalized spacial score (nSPS) is 12.5. The highest BCUT2D eigenvalue weighted by Crippen LogP contribution is 2.30. The largest absolute Gasteiger partial charge is 0.352 e. The number of halogens is 2. The van der Waals surface area contributed by atoms with Crippen molar-refractivity contribution in [3.8, 4) is 0 Å². The average Bonchev–Trinajstić information content (AvgIpc) is 3.17. The van der Waals surface area contributed by atoms with Crippen molar-refractivity contribution in [1.82, 2.24) is 5.32 Å². The number of hydrogen-bond acceptors (Lipinski definition) is 2. The van der Waals surface area contributed by atoms with Gasteiger partial charge in [0.05, 0.1) is 6.42 Å². The molecule has 6 heteroatoms. The van der Waals surface area contributed by atoms with Gasteiger partial charge in [-0.25, -0.2) is 4.39 Å². The molecule has 0 spiro atoms. The molecule has 1 aliphatic heterocycles. The lowest BCUT2D eigenvalue weighted by atomic mass is 10.1. The fourth-order valence-corrected chi connectivity index (χ4v) is 3.70. The van der Waals surface area contributed by atoms with Crippen molar-refractivity contribution in [3.05, 3.63) is 99.8 Å². The van der Waals surface area contributed by atoms with Crippen LogP contribution in [0.15, 0.2) is 66.7 Å². The van der Waals surface area contributed by atoms with Crippen LogP contribution in [0.1, 0.15) is 27.0 Å². The average molecular weight is 423 g/mol. The Bertz CT molecular complexity index is 1080. The molecule has 0 saturated carbocycles. The molecule has 2 amide bonds. The van der Waals surface area contributed by atoms with Crippen LogP contribution in [0.3, 0.4) is 0 Å². The van der Waals surface area contributed by atoms with E-state index in [1.807, 2.05) is 18.2 Å². The molecule has 152 valence electrons. The molecule has 1 heterocycles. The van der Waals surface area contributed by atoms with E-state index in [1.54, 1.807) is 41.3 Å². The van der Waals surface area contributed by atoms with Gasteiger partial charge in [0.15, 0.2) is 0 Å². The van der Waals surface area contributed by atoms with Crippen LogP contribution in [0.2, 0.25) is 5.02 Å². The Hall–Kier alpha value is -3.18. The molecular formula is C24H20ClFN2O2. The first-order chi connectivity index (χ1) is 14.5. The highest BCUT2D eigenvalue weighted by atomic mass is 35.5. The quantitative estimate of drug-likeness (QED) is 0.656. The van der Waals surface area contributed by atoms with Crippen molar-refractivity contribution in [2.75, 3.05) is 11.4 Å². The van der Waals surface area contributed by atoms with E-state index in [0.29, 0.717) is 23.7 Å². The summed E-state index contributed by atoms with van der Waals surface area (Å²) in [6.45, 7) is 1.02. The summed E-state index contributed by atoms with van der Waals surface area (Å²) in [4.78, 5) is 26.8. The van der Waals surface area contributed by atoms with Gasteiger partial charge >= 0.3 is 0 Å². The molecule has 0 aromatic heterocycles. The number of rotatable bonds is 5. The predicted molar refractivity (Wildman–Crippen MR) is 115 cm³/mol. The minimum Gasteiger partial charge on any atom is -0.352 e. The monoisotopic (exact) mass is 422 g/mol. The summed E-state index contributed by atoms with van der Waals surface area (Å²) in [6, 6.07) is 18.7. The van der Waals surface area contributed by atoms with E-state index in [4.69, 9.17) is 11.6 Å². The highest BCUT2D eigenvalue weighted by molar-refractivity contribution is 6.30. The standard InChI is InChI=1S/C24H20ClFN2O2/c25-20-6-4-18(5-7-20)24(30)28-12-11-19-13-17(3-10-22(19)28)15-27-23(29)14-16-1-8-21(26)9-2-16/h1-10,13H,11-12,14-15H2,(H,27,29). The van der Waals surface area contributed by atoms with Crippen LogP contribution in [0.4, 0.5) is 10.1 Å². The van der Waals surface area contributed by atoms with E-state index in [-0.39, 0.29) is 24.1 Å². The predicted octanol–water partition coefficient (Wildman–Crippen LogP) is 4.54. The third kappa shape index (κ3) is 4.52. The minimum atomic E-state index is -0.319. The summed E-state index contributed by atoms with van der Waals surface area (Å²) in [6.07, 6.45) is 0.973. The van der Waals surface area contributed by atoms with Gasteiger partial charge in [-0.2, -0.15) is 0 Å². The number of benzene rings is 3. The van der Waals surface area contributed by atoms with Crippen molar-refractivity contribution < 1.29 is 14.0 Å². The number of hydrogen-bond donors (Lipinski definition) is 1. The highest BCUT2D eigenvalue weighted by Gasteiger charge is 2.25. The maximum absolute atomic E-state index is 13.0. The summed E-state index contributed by atoms with van der Waals surface area (Å²) in [5.41, 5.74) is 4.32. The second-order valence-electron chi connectivity index (χ2n) is 7.26. The van der Waals surface area contributed by atoms with Crippen molar-refractivity contribution in [2.24, 2.45) is 0 Å². The molecule has 1 aliphatic rings. The summed E-state index contributed by atoms with van der Waals surface area (Å²) < 4.78 is 13.0. The van der Waals surface area contributed by atoms with Crippen LogP contribution in [0.25, 0.3) is 0 Å². The zero-order chi connectivity index (χ0) is 21.1. The first kappa shape index (κ1) is 20.1. The lowest BCUT2D eigenvalue weighted by molar-refractivity contribution is -0.120. The van der Waals surface area contributed by atoms with Gasteiger partial charge in [-0.15, -0.1) is 0 Å². The van der Waals surface area contributed by atoms with Crippen molar-refractivity contribution in [3.63, 3.8) is 0 Å². The second-order valence-corrected chi connectivity index (χ2v) is 7.69. The van der Waals surface area contributed by atoms with E-state index in [0.717, 1.165) is 28.8 Å². The molecule has 3 aromatic carbocycles. The molecular weight excluding hydrogens is 403 g/mol. The zero-order valence-corrected chi connectivity index (χ0v) is 17.0. The molecule has 4 nitrogen and oxygen atoms in total. The number of fused-ring (bicyclic) bond motifs is 1. The molecule has 30 heavy (non-hydrogen) atoms. The minimum absolute atomic E-state index is 0.0502. The van der Waals surface area contributed by atoms with Gasteiger partial charge in [-0.3, -0.25) is 9.59 Å². The molecule has 0 atom stereocenters. The van der Waals surface area contributed by atoms with Gasteiger partial charge in [-0.1, -0.05) is 35.9 Å². The van der Waals surface area contributed by atoms with E-state index >= 15 is 0 Å². The van der Waals surface area contributed by atoms with Crippen molar-refractivity contribution in [1.29, 1.82) is 0 Å². The third-order valence-corrected chi connectivity index (χ3v) is 5.40. The Balaban J connectivity index is 1.38. The Labute approximate surface area is 179 Å². The molecule has 4 rings (SSSR count). The summed E-state index contributed by atoms with van der Waals surface area (Å²) >= 11 is 5.91. The number of anilines is 1. The topological polar surface area (TPSA) is 49.4 Å². The second kappa shape index (κ2) is 8.67. The molecule has 1 N–H and O–H groups in total. The number of carbonyl (C=O) groups excluding carboxylic acids is 2. The number of nitrogens with zero attached hydrogens (tertiary/aromatic N) is 1. The fourth-order valence-electron chi connectivity index (χ4n) is 3.58. The first-order valence-corrected chi connectivity index (χ1v) is 10.1. The van der Waals surface area contributed by atoms with E-state index < -0.39 is 0 Å². The van der Waals surface area contributed by atoms with Crippen LogP contribution in [-0.4, -0.2) is 18.4 Å². The maximum atomic E-state index is 13.0. The van der Waals surface area contributed by atoms with Gasteiger partial charge in [0.1, 0.15) is 5.82 Å². The fraction of sp³-hybridized carbons (Fsp3) is 0.167. The SMILES string of the molecule is O=C(Cc1ccc(F)cc1)NCc1ccc2c(c1)CCN2C(=O)c1ccc(Cl)cc1. The van der Waals surface area contributed by atoms with Crippen LogP contribution in [-0.2, 0) is 24.2 Å². The van der Waals surface area contributed by atoms with Gasteiger partial charge in [0, 0.05) is 29.4 Å². The Morgan fingerprint density at radius 2 is 1.67 bits per heavy atom. The van der Waals surface area contributed by atoms with Crippen LogP contribution >= 0.6 is 11.6 Å². The summed E-state index contributed by atoms with van der Waals surface area (Å²) in [5, 5.41) is 3.49. The zero-order valence-electron chi connectivity index (χ0n) is 16.2. The lowest BCUT2D eigenvalue weighted by Crippen LogP contribution is -2.28. The molecule has 3 aromatic rings. The molecule has 0 fully saturated rings. The third-order valence-electron chi connectivity index (χ3n) is 5.14. The van der Waals surface area contributed by atoms with Crippen LogP contribution in [0.5, 0.6) is 0 Å². The smallest absolute Gasteiger partial charge is 0.258 e. The van der Waals surface area contributed by atoms with Crippen molar-refractivity contribution >= 4 is 29.1 Å². The Morgan fingerprint density at radius 3 is 2.40 bits per heavy atom.